The van der Waals surface area contributed by atoms with Crippen LogP contribution >= 0.6 is 0 Å². The first kappa shape index (κ1) is 14.8. The van der Waals surface area contributed by atoms with E-state index in [1.165, 1.54) is 0 Å². The molecular weight excluding hydrogens is 228 g/mol. The molecule has 98 valence electrons. The Morgan fingerprint density at radius 3 is 2.29 bits per heavy atom. The van der Waals surface area contributed by atoms with Gasteiger partial charge in [-0.2, -0.15) is 0 Å². The minimum Gasteiger partial charge on any atom is -0.350 e. The largest absolute Gasteiger partial charge is 0.350 e. The third kappa shape index (κ3) is 4.83. The maximum Gasteiger partial charge on any atom is 0.164 e. The number of hydrogen-bond acceptors (Lipinski definition) is 2. The summed E-state index contributed by atoms with van der Waals surface area (Å²) in [4.78, 5) is 0. The highest BCUT2D eigenvalue weighted by molar-refractivity contribution is 6.83. The Morgan fingerprint density at radius 2 is 1.82 bits per heavy atom. The predicted molar refractivity (Wildman–Crippen MR) is 74.4 cm³/mol. The van der Waals surface area contributed by atoms with Crippen LogP contribution in [0.15, 0.2) is 0 Å². The maximum absolute atomic E-state index is 5.97. The van der Waals surface area contributed by atoms with E-state index in [9.17, 15) is 0 Å². The van der Waals surface area contributed by atoms with Crippen molar-refractivity contribution in [3.8, 4) is 11.5 Å². The third-order valence-corrected chi connectivity index (χ3v) is 3.76. The Morgan fingerprint density at radius 1 is 1.24 bits per heavy atom. The first-order valence-electron chi connectivity index (χ1n) is 6.45. The summed E-state index contributed by atoms with van der Waals surface area (Å²) in [5.41, 5.74) is 3.42. The van der Waals surface area contributed by atoms with Gasteiger partial charge >= 0.3 is 0 Å². The van der Waals surface area contributed by atoms with Gasteiger partial charge in [0.15, 0.2) is 5.79 Å². The van der Waals surface area contributed by atoms with Crippen molar-refractivity contribution in [1.29, 1.82) is 0 Å². The van der Waals surface area contributed by atoms with Gasteiger partial charge in [-0.25, -0.2) is 0 Å². The van der Waals surface area contributed by atoms with E-state index in [0.29, 0.717) is 11.8 Å². The topological polar surface area (TPSA) is 18.5 Å². The Bertz CT molecular complexity index is 317. The summed E-state index contributed by atoms with van der Waals surface area (Å²) in [6, 6.07) is 0. The average Bonchev–Trinajstić information content (AvgIpc) is 2.11. The molecule has 1 rings (SSSR count). The van der Waals surface area contributed by atoms with Crippen molar-refractivity contribution >= 4 is 8.07 Å². The van der Waals surface area contributed by atoms with Crippen molar-refractivity contribution in [3.05, 3.63) is 0 Å². The summed E-state index contributed by atoms with van der Waals surface area (Å²) in [7, 11) is -1.33. The van der Waals surface area contributed by atoms with Gasteiger partial charge < -0.3 is 9.47 Å². The van der Waals surface area contributed by atoms with E-state index in [2.05, 4.69) is 45.0 Å². The Kier molecular flexibility index (Phi) is 4.46. The first-order valence-corrected chi connectivity index (χ1v) is 9.95. The van der Waals surface area contributed by atoms with Crippen molar-refractivity contribution in [1.82, 2.24) is 0 Å². The molecule has 1 saturated heterocycles. The molecule has 0 unspecified atom stereocenters. The van der Waals surface area contributed by atoms with E-state index in [-0.39, 0.29) is 6.10 Å². The molecule has 0 radical (unpaired) electrons. The molecule has 1 aliphatic rings. The smallest absolute Gasteiger partial charge is 0.164 e. The highest BCUT2D eigenvalue weighted by Crippen LogP contribution is 2.30. The van der Waals surface area contributed by atoms with E-state index in [1.54, 1.807) is 0 Å². The van der Waals surface area contributed by atoms with Crippen LogP contribution in [0.25, 0.3) is 0 Å². The lowest BCUT2D eigenvalue weighted by Crippen LogP contribution is -2.47. The molecule has 1 aliphatic heterocycles. The van der Waals surface area contributed by atoms with Crippen LogP contribution in [0.4, 0.5) is 0 Å². The Balaban J connectivity index is 2.84. The molecule has 17 heavy (non-hydrogen) atoms. The van der Waals surface area contributed by atoms with Crippen molar-refractivity contribution < 1.29 is 9.47 Å². The first-order chi connectivity index (χ1) is 7.61. The van der Waals surface area contributed by atoms with E-state index >= 15 is 0 Å². The molecule has 3 heteroatoms. The van der Waals surface area contributed by atoms with Gasteiger partial charge in [-0.1, -0.05) is 39.4 Å². The molecular formula is C14H26O2Si. The number of hydrogen-bond donors (Lipinski definition) is 0. The van der Waals surface area contributed by atoms with Crippen molar-refractivity contribution in [2.75, 3.05) is 6.61 Å². The number of rotatable bonds is 1. The molecule has 0 spiro atoms. The fourth-order valence-electron chi connectivity index (χ4n) is 1.78. The lowest BCUT2D eigenvalue weighted by atomic mass is 9.90. The van der Waals surface area contributed by atoms with Crippen LogP contribution in [-0.2, 0) is 9.47 Å². The second kappa shape index (κ2) is 5.13. The van der Waals surface area contributed by atoms with Gasteiger partial charge in [0, 0.05) is 5.92 Å². The maximum atomic E-state index is 5.97. The van der Waals surface area contributed by atoms with Gasteiger partial charge in [-0.15, -0.1) is 5.54 Å². The molecule has 0 bridgehead atoms. The summed E-state index contributed by atoms with van der Waals surface area (Å²) >= 11 is 0. The van der Waals surface area contributed by atoms with Gasteiger partial charge in [0.25, 0.3) is 0 Å². The van der Waals surface area contributed by atoms with Crippen LogP contribution in [0.3, 0.4) is 0 Å². The molecule has 1 fully saturated rings. The highest BCUT2D eigenvalue weighted by atomic mass is 28.3. The number of ether oxygens (including phenoxy) is 2. The predicted octanol–water partition coefficient (Wildman–Crippen LogP) is 3.29. The molecule has 2 nitrogen and oxygen atoms in total. The molecule has 0 amide bonds. The van der Waals surface area contributed by atoms with Crippen molar-refractivity contribution in [2.45, 2.75) is 59.2 Å². The zero-order valence-corrected chi connectivity index (χ0v) is 13.3. The van der Waals surface area contributed by atoms with Crippen LogP contribution in [0.5, 0.6) is 0 Å². The lowest BCUT2D eigenvalue weighted by Gasteiger charge is -2.40. The van der Waals surface area contributed by atoms with E-state index in [0.717, 1.165) is 6.61 Å². The second-order valence-electron chi connectivity index (χ2n) is 6.68. The van der Waals surface area contributed by atoms with Gasteiger partial charge in [-0.05, 0) is 19.8 Å². The molecule has 0 saturated carbocycles. The summed E-state index contributed by atoms with van der Waals surface area (Å²) in [5, 5.41) is 0. The van der Waals surface area contributed by atoms with Gasteiger partial charge in [0.1, 0.15) is 14.2 Å². The van der Waals surface area contributed by atoms with Crippen molar-refractivity contribution in [2.24, 2.45) is 11.8 Å². The van der Waals surface area contributed by atoms with Crippen molar-refractivity contribution in [3.63, 3.8) is 0 Å². The normalized spacial score (nSPS) is 28.7. The van der Waals surface area contributed by atoms with E-state index in [4.69, 9.17) is 9.47 Å². The monoisotopic (exact) mass is 254 g/mol. The van der Waals surface area contributed by atoms with Crippen LogP contribution < -0.4 is 0 Å². The van der Waals surface area contributed by atoms with Gasteiger partial charge in [0.2, 0.25) is 0 Å². The summed E-state index contributed by atoms with van der Waals surface area (Å²) < 4.78 is 11.7. The van der Waals surface area contributed by atoms with E-state index < -0.39 is 13.9 Å². The molecule has 0 aromatic carbocycles. The summed E-state index contributed by atoms with van der Waals surface area (Å²) in [6.07, 6.45) is 0.0190. The zero-order chi connectivity index (χ0) is 13.3. The summed E-state index contributed by atoms with van der Waals surface area (Å²) in [6.45, 7) is 15.9. The fourth-order valence-corrected chi connectivity index (χ4v) is 2.35. The molecule has 0 aromatic rings. The Labute approximate surface area is 107 Å². The Hall–Kier alpha value is -0.303. The molecule has 2 atom stereocenters. The van der Waals surface area contributed by atoms with Crippen LogP contribution in [0.2, 0.25) is 19.6 Å². The molecule has 0 aliphatic carbocycles. The fraction of sp³-hybridized carbons (Fsp3) is 0.857. The second-order valence-corrected chi connectivity index (χ2v) is 11.4. The van der Waals surface area contributed by atoms with Crippen LogP contribution in [0.1, 0.15) is 27.7 Å². The third-order valence-electron chi connectivity index (χ3n) is 2.87. The standard InChI is InChI=1S/C14H26O2Si/c1-11(2)12-10-15-14(3,4)16-13(12)8-9-17(5,6)7/h11-13H,10H2,1-7H3/t12-,13+/m1/s1. The minimum absolute atomic E-state index is 0.0190. The lowest BCUT2D eigenvalue weighted by molar-refractivity contribution is -0.284. The van der Waals surface area contributed by atoms with Crippen LogP contribution in [0, 0.1) is 23.3 Å². The molecule has 0 N–H and O–H groups in total. The minimum atomic E-state index is -1.33. The van der Waals surface area contributed by atoms with E-state index in [1.807, 2.05) is 13.8 Å². The zero-order valence-electron chi connectivity index (χ0n) is 12.3. The quantitative estimate of drug-likeness (QED) is 0.528. The highest BCUT2D eigenvalue weighted by Gasteiger charge is 2.37. The van der Waals surface area contributed by atoms with Crippen LogP contribution in [-0.4, -0.2) is 26.6 Å². The van der Waals surface area contributed by atoms with Gasteiger partial charge in [-0.3, -0.25) is 0 Å². The molecule has 1 heterocycles. The average molecular weight is 254 g/mol. The van der Waals surface area contributed by atoms with Gasteiger partial charge in [0.05, 0.1) is 6.61 Å². The summed E-state index contributed by atoms with van der Waals surface area (Å²) in [5.74, 6) is 3.78. The SMILES string of the molecule is CC(C)[C@H]1COC(C)(C)O[C@H]1C#C[Si](C)(C)C. The molecule has 0 aromatic heterocycles.